The van der Waals surface area contributed by atoms with Gasteiger partial charge < -0.3 is 14.2 Å². The lowest BCUT2D eigenvalue weighted by Gasteiger charge is -2.18. The third kappa shape index (κ3) is 64.2. The maximum atomic E-state index is 12.9. The van der Waals surface area contributed by atoms with Crippen LogP contribution in [-0.4, -0.2) is 37.2 Å². The van der Waals surface area contributed by atoms with Crippen molar-refractivity contribution in [1.29, 1.82) is 0 Å². The number of ether oxygens (including phenoxy) is 3. The zero-order chi connectivity index (χ0) is 56.4. The second-order valence-electron chi connectivity index (χ2n) is 23.4. The van der Waals surface area contributed by atoms with Crippen molar-refractivity contribution < 1.29 is 28.6 Å². The van der Waals surface area contributed by atoms with Crippen molar-refractivity contribution in [1.82, 2.24) is 0 Å². The molecule has 456 valence electrons. The highest BCUT2D eigenvalue weighted by atomic mass is 16.6. The van der Waals surface area contributed by atoms with Crippen molar-refractivity contribution in [2.24, 2.45) is 0 Å². The fraction of sp³-hybridized carbons (Fsp3) is 0.847. The Morgan fingerprint density at radius 3 is 0.718 bits per heavy atom. The van der Waals surface area contributed by atoms with Crippen LogP contribution in [0.25, 0.3) is 0 Å². The molecule has 6 nitrogen and oxygen atoms in total. The summed E-state index contributed by atoms with van der Waals surface area (Å²) in [5, 5.41) is 0. The van der Waals surface area contributed by atoms with Crippen molar-refractivity contribution in [3.63, 3.8) is 0 Å². The van der Waals surface area contributed by atoms with Crippen molar-refractivity contribution >= 4 is 17.9 Å². The Kier molecular flexibility index (Phi) is 64.6. The molecule has 1 atom stereocenters. The summed E-state index contributed by atoms with van der Waals surface area (Å²) in [6.07, 6.45) is 84.3. The van der Waals surface area contributed by atoms with E-state index in [-0.39, 0.29) is 31.1 Å². The van der Waals surface area contributed by atoms with Crippen LogP contribution in [0, 0.1) is 0 Å². The van der Waals surface area contributed by atoms with Gasteiger partial charge in [0.05, 0.1) is 0 Å². The molecular formula is C72H132O6. The van der Waals surface area contributed by atoms with Gasteiger partial charge in [0, 0.05) is 19.3 Å². The molecule has 0 saturated heterocycles. The number of carbonyl (C=O) groups excluding carboxylic acids is 3. The Balaban J connectivity index is 4.15. The second kappa shape index (κ2) is 66.9. The minimum absolute atomic E-state index is 0.0751. The maximum absolute atomic E-state index is 12.9. The summed E-state index contributed by atoms with van der Waals surface area (Å²) in [6, 6.07) is 0. The normalized spacial score (nSPS) is 12.3. The number of rotatable bonds is 64. The molecule has 0 rings (SSSR count). The quantitative estimate of drug-likeness (QED) is 0.0261. The van der Waals surface area contributed by atoms with E-state index in [4.69, 9.17) is 14.2 Å². The highest BCUT2D eigenvalue weighted by Gasteiger charge is 2.19. The highest BCUT2D eigenvalue weighted by molar-refractivity contribution is 5.71. The number of hydrogen-bond donors (Lipinski definition) is 0. The maximum Gasteiger partial charge on any atom is 0.306 e. The molecule has 0 aromatic rings. The van der Waals surface area contributed by atoms with Crippen LogP contribution in [0.15, 0.2) is 48.6 Å². The van der Waals surface area contributed by atoms with E-state index in [9.17, 15) is 14.4 Å². The van der Waals surface area contributed by atoms with Crippen molar-refractivity contribution in [3.8, 4) is 0 Å². The van der Waals surface area contributed by atoms with E-state index in [0.717, 1.165) is 77.0 Å². The lowest BCUT2D eigenvalue weighted by atomic mass is 10.0. The summed E-state index contributed by atoms with van der Waals surface area (Å²) in [5.74, 6) is -0.870. The first-order chi connectivity index (χ1) is 38.5. The summed E-state index contributed by atoms with van der Waals surface area (Å²) in [4.78, 5) is 38.3. The van der Waals surface area contributed by atoms with Crippen molar-refractivity contribution in [2.45, 2.75) is 380 Å². The van der Waals surface area contributed by atoms with Crippen LogP contribution in [0.1, 0.15) is 374 Å². The predicted octanol–water partition coefficient (Wildman–Crippen LogP) is 23.7. The Labute approximate surface area is 486 Å². The molecule has 0 aliphatic heterocycles. The number of esters is 3. The van der Waals surface area contributed by atoms with E-state index < -0.39 is 6.10 Å². The van der Waals surface area contributed by atoms with Gasteiger partial charge >= 0.3 is 17.9 Å². The molecule has 0 heterocycles. The molecule has 0 bridgehead atoms. The van der Waals surface area contributed by atoms with Crippen LogP contribution in [0.3, 0.4) is 0 Å². The van der Waals surface area contributed by atoms with Crippen LogP contribution in [0.5, 0.6) is 0 Å². The minimum Gasteiger partial charge on any atom is -0.462 e. The predicted molar refractivity (Wildman–Crippen MR) is 339 cm³/mol. The molecule has 0 aliphatic rings. The molecule has 0 aromatic heterocycles. The average molecular weight is 1090 g/mol. The molecule has 0 aromatic carbocycles. The molecule has 0 fully saturated rings. The Morgan fingerprint density at radius 2 is 0.462 bits per heavy atom. The van der Waals surface area contributed by atoms with Gasteiger partial charge in [0.1, 0.15) is 13.2 Å². The summed E-state index contributed by atoms with van der Waals surface area (Å²) in [5.41, 5.74) is 0. The summed E-state index contributed by atoms with van der Waals surface area (Å²) in [7, 11) is 0. The zero-order valence-corrected chi connectivity index (χ0v) is 52.5. The second-order valence-corrected chi connectivity index (χ2v) is 23.4. The largest absolute Gasteiger partial charge is 0.462 e. The smallest absolute Gasteiger partial charge is 0.306 e. The monoisotopic (exact) mass is 1090 g/mol. The first-order valence-corrected chi connectivity index (χ1v) is 34.6. The molecule has 6 heteroatoms. The third-order valence-electron chi connectivity index (χ3n) is 15.5. The van der Waals surface area contributed by atoms with Gasteiger partial charge in [-0.25, -0.2) is 0 Å². The van der Waals surface area contributed by atoms with Gasteiger partial charge in [-0.2, -0.15) is 0 Å². The molecule has 0 amide bonds. The zero-order valence-electron chi connectivity index (χ0n) is 52.5. The number of allylic oxidation sites excluding steroid dienone is 8. The van der Waals surface area contributed by atoms with Gasteiger partial charge in [-0.05, 0) is 103 Å². The fourth-order valence-corrected chi connectivity index (χ4v) is 10.3. The van der Waals surface area contributed by atoms with Crippen LogP contribution >= 0.6 is 0 Å². The summed E-state index contributed by atoms with van der Waals surface area (Å²) < 4.78 is 16.9. The summed E-state index contributed by atoms with van der Waals surface area (Å²) in [6.45, 7) is 6.65. The summed E-state index contributed by atoms with van der Waals surface area (Å²) >= 11 is 0. The van der Waals surface area contributed by atoms with Gasteiger partial charge in [-0.15, -0.1) is 0 Å². The number of carbonyl (C=O) groups is 3. The minimum atomic E-state index is -0.779. The van der Waals surface area contributed by atoms with E-state index in [1.807, 2.05) is 0 Å². The van der Waals surface area contributed by atoms with E-state index in [0.29, 0.717) is 19.3 Å². The van der Waals surface area contributed by atoms with Crippen LogP contribution in [-0.2, 0) is 28.6 Å². The molecule has 0 saturated carbocycles. The Hall–Kier alpha value is -2.63. The van der Waals surface area contributed by atoms with E-state index in [1.54, 1.807) is 0 Å². The lowest BCUT2D eigenvalue weighted by molar-refractivity contribution is -0.167. The number of hydrogen-bond acceptors (Lipinski definition) is 6. The topological polar surface area (TPSA) is 78.9 Å². The molecule has 1 unspecified atom stereocenters. The molecule has 0 radical (unpaired) electrons. The Morgan fingerprint density at radius 1 is 0.256 bits per heavy atom. The van der Waals surface area contributed by atoms with E-state index in [1.165, 1.54) is 257 Å². The Bertz CT molecular complexity index is 1350. The van der Waals surface area contributed by atoms with Crippen molar-refractivity contribution in [3.05, 3.63) is 48.6 Å². The first-order valence-electron chi connectivity index (χ1n) is 34.6. The fourth-order valence-electron chi connectivity index (χ4n) is 10.3. The van der Waals surface area contributed by atoms with Crippen LogP contribution in [0.4, 0.5) is 0 Å². The van der Waals surface area contributed by atoms with Gasteiger partial charge in [0.15, 0.2) is 6.10 Å². The third-order valence-corrected chi connectivity index (χ3v) is 15.5. The van der Waals surface area contributed by atoms with Gasteiger partial charge in [0.2, 0.25) is 0 Å². The van der Waals surface area contributed by atoms with Crippen LogP contribution < -0.4 is 0 Å². The SMILES string of the molecule is CCCCCCC/C=C\C/C=C\CCCCCCCCCCCCCCCCCCCCCC(=O)OCC(COC(=O)CCCCCCC/C=C\CCCCCCC)OC(=O)CCCCCCC/C=C\CCCCCCCC. The lowest BCUT2D eigenvalue weighted by Crippen LogP contribution is -2.30. The van der Waals surface area contributed by atoms with E-state index in [2.05, 4.69) is 69.4 Å². The molecular weight excluding hydrogens is 961 g/mol. The van der Waals surface area contributed by atoms with Gasteiger partial charge in [-0.1, -0.05) is 301 Å². The highest BCUT2D eigenvalue weighted by Crippen LogP contribution is 2.18. The van der Waals surface area contributed by atoms with Crippen molar-refractivity contribution in [2.75, 3.05) is 13.2 Å². The van der Waals surface area contributed by atoms with Gasteiger partial charge in [0.25, 0.3) is 0 Å². The van der Waals surface area contributed by atoms with Crippen LogP contribution in [0.2, 0.25) is 0 Å². The van der Waals surface area contributed by atoms with Gasteiger partial charge in [-0.3, -0.25) is 14.4 Å². The molecule has 0 N–H and O–H groups in total. The first kappa shape index (κ1) is 75.4. The molecule has 78 heavy (non-hydrogen) atoms. The molecule has 0 aliphatic carbocycles. The van der Waals surface area contributed by atoms with E-state index >= 15 is 0 Å². The standard InChI is InChI=1S/C72H132O6/c1-4-7-10-13-16-19-22-25-28-29-30-31-32-33-34-35-36-37-38-39-40-41-42-43-45-47-50-53-56-59-62-65-71(74)77-68-69(67-76-70(73)64-61-58-55-52-49-46-27-24-21-18-15-12-9-6-3)78-72(75)66-63-60-57-54-51-48-44-26-23-20-17-14-11-8-5-2/h22,24-27,29-30,44,69H,4-21,23,28,31-43,45-68H2,1-3H3/b25-22-,27-24-,30-29-,44-26-. The average Bonchev–Trinajstić information content (AvgIpc) is 3.44. The molecule has 0 spiro atoms. The number of unbranched alkanes of at least 4 members (excludes halogenated alkanes) is 45.